The number of hydrogen-bond acceptors (Lipinski definition) is 5. The lowest BCUT2D eigenvalue weighted by molar-refractivity contribution is -0.114. The molecule has 0 bridgehead atoms. The molecule has 0 unspecified atom stereocenters. The van der Waals surface area contributed by atoms with Gasteiger partial charge in [0.2, 0.25) is 11.7 Å². The predicted molar refractivity (Wildman–Crippen MR) is 142 cm³/mol. The van der Waals surface area contributed by atoms with E-state index < -0.39 is 0 Å². The fourth-order valence-corrected chi connectivity index (χ4v) is 4.83. The molecule has 3 amide bonds. The molecule has 1 aliphatic heterocycles. The van der Waals surface area contributed by atoms with Gasteiger partial charge >= 0.3 is 0 Å². The minimum Gasteiger partial charge on any atom is -0.350 e. The van der Waals surface area contributed by atoms with Crippen LogP contribution < -0.4 is 10.6 Å². The van der Waals surface area contributed by atoms with Gasteiger partial charge in [-0.2, -0.15) is 0 Å². The van der Waals surface area contributed by atoms with Crippen molar-refractivity contribution in [2.45, 2.75) is 25.7 Å². The first kappa shape index (κ1) is 24.5. The van der Waals surface area contributed by atoms with Crippen LogP contribution in [0.15, 0.2) is 71.3 Å². The van der Waals surface area contributed by atoms with Crippen LogP contribution in [0.25, 0.3) is 10.9 Å². The summed E-state index contributed by atoms with van der Waals surface area (Å²) in [6.07, 6.45) is 1.62. The third kappa shape index (κ3) is 5.34. The Morgan fingerprint density at radius 3 is 2.38 bits per heavy atom. The van der Waals surface area contributed by atoms with E-state index in [2.05, 4.69) is 15.8 Å². The maximum absolute atomic E-state index is 13.1. The number of hydrogen-bond donors (Lipinski definition) is 2. The molecule has 0 spiro atoms. The fourth-order valence-electron chi connectivity index (χ4n) is 4.64. The second-order valence-electron chi connectivity index (χ2n) is 9.05. The number of fused-ring (bicyclic) bond motifs is 1. The smallest absolute Gasteiger partial charge is 0.294 e. The van der Waals surface area contributed by atoms with Gasteiger partial charge < -0.3 is 20.1 Å². The van der Waals surface area contributed by atoms with Crippen molar-refractivity contribution in [2.75, 3.05) is 23.7 Å². The van der Waals surface area contributed by atoms with E-state index in [0.29, 0.717) is 51.9 Å². The van der Waals surface area contributed by atoms with Gasteiger partial charge in [0.05, 0.1) is 16.0 Å². The summed E-state index contributed by atoms with van der Waals surface area (Å²) in [6.45, 7) is 2.61. The first-order valence-corrected chi connectivity index (χ1v) is 12.4. The molecule has 1 aliphatic rings. The maximum Gasteiger partial charge on any atom is 0.294 e. The standard InChI is InChI=1S/C28H25ClN4O4/c1-17(34)30-21-10-11-24(29)23(16-21)28(36)33-14-12-19(13-15-33)18-6-8-20(9-7-18)31-27(35)26-22-4-2-3-5-25(22)32-37-26/h2-11,16,19H,12-15H2,1H3,(H,30,34)(H,31,35). The molecule has 1 saturated heterocycles. The zero-order valence-corrected chi connectivity index (χ0v) is 20.9. The molecule has 2 N–H and O–H groups in total. The topological polar surface area (TPSA) is 105 Å². The number of carbonyl (C=O) groups is 3. The highest BCUT2D eigenvalue weighted by molar-refractivity contribution is 6.34. The maximum atomic E-state index is 13.1. The van der Waals surface area contributed by atoms with E-state index in [4.69, 9.17) is 16.1 Å². The number of piperidine rings is 1. The summed E-state index contributed by atoms with van der Waals surface area (Å²) < 4.78 is 5.24. The van der Waals surface area contributed by atoms with Crippen LogP contribution in [0.4, 0.5) is 11.4 Å². The number of halogens is 1. The lowest BCUT2D eigenvalue weighted by atomic mass is 9.89. The van der Waals surface area contributed by atoms with E-state index in [1.807, 2.05) is 36.4 Å². The minimum absolute atomic E-state index is 0.145. The van der Waals surface area contributed by atoms with Crippen LogP contribution in [0.5, 0.6) is 0 Å². The number of carbonyl (C=O) groups excluding carboxylic acids is 3. The number of rotatable bonds is 5. The van der Waals surface area contributed by atoms with Gasteiger partial charge in [-0.05, 0) is 66.8 Å². The molecule has 188 valence electrons. The second kappa shape index (κ2) is 10.4. The Morgan fingerprint density at radius 2 is 1.65 bits per heavy atom. The Labute approximate surface area is 218 Å². The van der Waals surface area contributed by atoms with Crippen LogP contribution in [-0.4, -0.2) is 40.9 Å². The average molecular weight is 517 g/mol. The van der Waals surface area contributed by atoms with Crippen LogP contribution in [0, 0.1) is 0 Å². The number of likely N-dealkylation sites (tertiary alicyclic amines) is 1. The molecular formula is C28H25ClN4O4. The Bertz CT molecular complexity index is 1470. The molecule has 1 aromatic heterocycles. The summed E-state index contributed by atoms with van der Waals surface area (Å²) in [5.41, 5.74) is 3.37. The first-order valence-electron chi connectivity index (χ1n) is 12.0. The highest BCUT2D eigenvalue weighted by Crippen LogP contribution is 2.31. The molecule has 8 nitrogen and oxygen atoms in total. The molecule has 0 radical (unpaired) electrons. The molecule has 1 fully saturated rings. The van der Waals surface area contributed by atoms with Gasteiger partial charge in [0.1, 0.15) is 5.52 Å². The van der Waals surface area contributed by atoms with Gasteiger partial charge in [0.25, 0.3) is 11.8 Å². The molecule has 0 aliphatic carbocycles. The summed E-state index contributed by atoms with van der Waals surface area (Å²) in [5.74, 6) is -0.227. The van der Waals surface area contributed by atoms with Gasteiger partial charge in [-0.3, -0.25) is 14.4 Å². The third-order valence-electron chi connectivity index (χ3n) is 6.53. The zero-order valence-electron chi connectivity index (χ0n) is 20.2. The highest BCUT2D eigenvalue weighted by Gasteiger charge is 2.26. The summed E-state index contributed by atoms with van der Waals surface area (Å²) in [4.78, 5) is 38.9. The molecular weight excluding hydrogens is 492 g/mol. The van der Waals surface area contributed by atoms with Crippen molar-refractivity contribution in [3.63, 3.8) is 0 Å². The molecule has 0 atom stereocenters. The van der Waals surface area contributed by atoms with E-state index in [-0.39, 0.29) is 23.5 Å². The summed E-state index contributed by atoms with van der Waals surface area (Å²) in [5, 5.41) is 10.5. The van der Waals surface area contributed by atoms with Crippen LogP contribution in [0.2, 0.25) is 5.02 Å². The van der Waals surface area contributed by atoms with E-state index in [0.717, 1.165) is 18.4 Å². The summed E-state index contributed by atoms with van der Waals surface area (Å²) >= 11 is 6.28. The van der Waals surface area contributed by atoms with Crippen molar-refractivity contribution in [2.24, 2.45) is 0 Å². The first-order chi connectivity index (χ1) is 17.9. The number of nitrogens with zero attached hydrogens (tertiary/aromatic N) is 2. The SMILES string of the molecule is CC(=O)Nc1ccc(Cl)c(C(=O)N2CCC(c3ccc(NC(=O)c4onc5ccccc45)cc3)CC2)c1. The van der Waals surface area contributed by atoms with E-state index in [1.54, 1.807) is 35.2 Å². The molecule has 4 aromatic rings. The Balaban J connectivity index is 1.19. The van der Waals surface area contributed by atoms with Crippen molar-refractivity contribution in [3.8, 4) is 0 Å². The van der Waals surface area contributed by atoms with E-state index >= 15 is 0 Å². The molecule has 9 heteroatoms. The molecule has 0 saturated carbocycles. The Morgan fingerprint density at radius 1 is 0.946 bits per heavy atom. The van der Waals surface area contributed by atoms with Gasteiger partial charge in [0.15, 0.2) is 0 Å². The van der Waals surface area contributed by atoms with Crippen molar-refractivity contribution >= 4 is 51.6 Å². The molecule has 37 heavy (non-hydrogen) atoms. The molecule has 3 aromatic carbocycles. The van der Waals surface area contributed by atoms with E-state index in [1.165, 1.54) is 6.92 Å². The van der Waals surface area contributed by atoms with Crippen molar-refractivity contribution in [1.82, 2.24) is 10.1 Å². The number of amides is 3. The van der Waals surface area contributed by atoms with Gasteiger partial charge in [0, 0.05) is 31.4 Å². The Hall–Kier alpha value is -4.17. The van der Waals surface area contributed by atoms with Gasteiger partial charge in [-0.15, -0.1) is 0 Å². The molecule has 5 rings (SSSR count). The predicted octanol–water partition coefficient (Wildman–Crippen LogP) is 5.71. The third-order valence-corrected chi connectivity index (χ3v) is 6.86. The van der Waals surface area contributed by atoms with Crippen LogP contribution in [-0.2, 0) is 4.79 Å². The zero-order chi connectivity index (χ0) is 25.9. The van der Waals surface area contributed by atoms with Crippen LogP contribution in [0.3, 0.4) is 0 Å². The van der Waals surface area contributed by atoms with Crippen molar-refractivity contribution in [1.29, 1.82) is 0 Å². The second-order valence-corrected chi connectivity index (χ2v) is 9.45. The Kier molecular flexibility index (Phi) is 6.92. The van der Waals surface area contributed by atoms with Crippen LogP contribution >= 0.6 is 11.6 Å². The highest BCUT2D eigenvalue weighted by atomic mass is 35.5. The number of benzene rings is 3. The molecule has 2 heterocycles. The minimum atomic E-state index is -0.352. The fraction of sp³-hybridized carbons (Fsp3) is 0.214. The van der Waals surface area contributed by atoms with E-state index in [9.17, 15) is 14.4 Å². The largest absolute Gasteiger partial charge is 0.350 e. The van der Waals surface area contributed by atoms with Crippen molar-refractivity contribution in [3.05, 3.63) is 88.6 Å². The lowest BCUT2D eigenvalue weighted by Crippen LogP contribution is -2.38. The monoisotopic (exact) mass is 516 g/mol. The van der Waals surface area contributed by atoms with Gasteiger partial charge in [-0.1, -0.05) is 41.0 Å². The average Bonchev–Trinajstić information content (AvgIpc) is 3.34. The van der Waals surface area contributed by atoms with Crippen molar-refractivity contribution < 1.29 is 18.9 Å². The van der Waals surface area contributed by atoms with Gasteiger partial charge in [-0.25, -0.2) is 0 Å². The summed E-state index contributed by atoms with van der Waals surface area (Å²) in [7, 11) is 0. The number of anilines is 2. The van der Waals surface area contributed by atoms with Crippen LogP contribution in [0.1, 0.15) is 52.2 Å². The number of nitrogens with one attached hydrogen (secondary N) is 2. The number of aromatic nitrogens is 1. The lowest BCUT2D eigenvalue weighted by Gasteiger charge is -2.32. The summed E-state index contributed by atoms with van der Waals surface area (Å²) in [6, 6.07) is 19.9. The normalized spacial score (nSPS) is 13.9. The quantitative estimate of drug-likeness (QED) is 0.353.